The van der Waals surface area contributed by atoms with E-state index in [0.717, 1.165) is 4.90 Å². The fourth-order valence-electron chi connectivity index (χ4n) is 2.50. The molecule has 0 unspecified atom stereocenters. The quantitative estimate of drug-likeness (QED) is 0.522. The fourth-order valence-corrected chi connectivity index (χ4v) is 2.50. The van der Waals surface area contributed by atoms with Crippen LogP contribution >= 0.6 is 0 Å². The van der Waals surface area contributed by atoms with Crippen LogP contribution in [-0.2, 0) is 9.59 Å². The Balaban J connectivity index is 1.65. The molecule has 0 radical (unpaired) electrons. The molecule has 1 aliphatic heterocycles. The molecule has 7 heteroatoms. The van der Waals surface area contributed by atoms with Crippen LogP contribution in [0.15, 0.2) is 48.5 Å². The first-order valence-corrected chi connectivity index (χ1v) is 7.49. The highest BCUT2D eigenvalue weighted by molar-refractivity contribution is 6.22. The van der Waals surface area contributed by atoms with Gasteiger partial charge in [-0.25, -0.2) is 0 Å². The van der Waals surface area contributed by atoms with Crippen LogP contribution in [0.2, 0.25) is 0 Å². The molecule has 25 heavy (non-hydrogen) atoms. The van der Waals surface area contributed by atoms with Crippen LogP contribution in [0.25, 0.3) is 0 Å². The van der Waals surface area contributed by atoms with Crippen LogP contribution in [0.5, 0.6) is 5.75 Å². The third-order valence-corrected chi connectivity index (χ3v) is 3.58. The number of hydrogen-bond donors (Lipinski definition) is 1. The molecule has 7 nitrogen and oxygen atoms in total. The summed E-state index contributed by atoms with van der Waals surface area (Å²) in [6.45, 7) is 0.913. The zero-order chi connectivity index (χ0) is 18.0. The average Bonchev–Trinajstić information content (AvgIpc) is 2.82. The molecule has 126 valence electrons. The molecule has 0 aromatic heterocycles. The number of nitrogens with one attached hydrogen (secondary N) is 1. The maximum absolute atomic E-state index is 12.2. The zero-order valence-corrected chi connectivity index (χ0v) is 13.3. The van der Waals surface area contributed by atoms with Crippen LogP contribution in [0, 0.1) is 0 Å². The molecule has 0 spiro atoms. The van der Waals surface area contributed by atoms with Gasteiger partial charge < -0.3 is 10.1 Å². The van der Waals surface area contributed by atoms with Crippen molar-refractivity contribution in [2.24, 2.45) is 0 Å². The van der Waals surface area contributed by atoms with E-state index in [9.17, 15) is 19.2 Å². The second kappa shape index (κ2) is 6.56. The van der Waals surface area contributed by atoms with Crippen LogP contribution in [0.3, 0.4) is 0 Å². The van der Waals surface area contributed by atoms with Gasteiger partial charge in [-0.05, 0) is 36.4 Å². The van der Waals surface area contributed by atoms with Crippen LogP contribution in [0.1, 0.15) is 27.6 Å². The van der Waals surface area contributed by atoms with E-state index in [1.807, 2.05) is 0 Å². The van der Waals surface area contributed by atoms with Gasteiger partial charge in [0, 0.05) is 12.6 Å². The van der Waals surface area contributed by atoms with E-state index in [4.69, 9.17) is 4.74 Å². The average molecular weight is 338 g/mol. The Kier molecular flexibility index (Phi) is 4.30. The first-order valence-electron chi connectivity index (χ1n) is 7.49. The summed E-state index contributed by atoms with van der Waals surface area (Å²) in [4.78, 5) is 48.3. The number of ether oxygens (including phenoxy) is 1. The second-order valence-corrected chi connectivity index (χ2v) is 5.41. The van der Waals surface area contributed by atoms with E-state index in [0.29, 0.717) is 22.6 Å². The number of amides is 3. The number of fused-ring (bicyclic) bond motifs is 1. The molecular formula is C18H14N2O5. The molecule has 0 aliphatic carbocycles. The predicted molar refractivity (Wildman–Crippen MR) is 88.2 cm³/mol. The minimum absolute atomic E-state index is 0.297. The monoisotopic (exact) mass is 338 g/mol. The largest absolute Gasteiger partial charge is 0.427 e. The second-order valence-electron chi connectivity index (χ2n) is 5.41. The minimum Gasteiger partial charge on any atom is -0.427 e. The van der Waals surface area contributed by atoms with Gasteiger partial charge in [-0.1, -0.05) is 12.1 Å². The Bertz CT molecular complexity index is 838. The summed E-state index contributed by atoms with van der Waals surface area (Å²) >= 11 is 0. The summed E-state index contributed by atoms with van der Waals surface area (Å²) in [5, 5.41) is 2.59. The van der Waals surface area contributed by atoms with Gasteiger partial charge in [0.1, 0.15) is 12.3 Å². The van der Waals surface area contributed by atoms with Crippen molar-refractivity contribution in [2.45, 2.75) is 6.92 Å². The number of carbonyl (C=O) groups is 4. The van der Waals surface area contributed by atoms with Crippen LogP contribution < -0.4 is 10.1 Å². The number of hydrogen-bond acceptors (Lipinski definition) is 5. The molecule has 0 bridgehead atoms. The summed E-state index contributed by atoms with van der Waals surface area (Å²) < 4.78 is 4.90. The van der Waals surface area contributed by atoms with Crippen molar-refractivity contribution in [3.63, 3.8) is 0 Å². The minimum atomic E-state index is -0.505. The van der Waals surface area contributed by atoms with E-state index in [-0.39, 0.29) is 6.54 Å². The van der Waals surface area contributed by atoms with E-state index in [1.165, 1.54) is 19.1 Å². The Labute approximate surface area is 143 Å². The van der Waals surface area contributed by atoms with Crippen molar-refractivity contribution < 1.29 is 23.9 Å². The van der Waals surface area contributed by atoms with E-state index >= 15 is 0 Å². The SMILES string of the molecule is CC(=O)Oc1ccc(NC(=O)CN2C(=O)c3ccccc3C2=O)cc1. The molecule has 0 fully saturated rings. The highest BCUT2D eigenvalue weighted by Crippen LogP contribution is 2.22. The van der Waals surface area contributed by atoms with E-state index in [1.54, 1.807) is 36.4 Å². The zero-order valence-electron chi connectivity index (χ0n) is 13.3. The van der Waals surface area contributed by atoms with Gasteiger partial charge in [0.05, 0.1) is 11.1 Å². The van der Waals surface area contributed by atoms with Crippen molar-refractivity contribution in [1.29, 1.82) is 0 Å². The number of rotatable bonds is 4. The molecule has 0 atom stereocenters. The Hall–Kier alpha value is -3.48. The lowest BCUT2D eigenvalue weighted by atomic mass is 10.1. The molecule has 1 heterocycles. The third kappa shape index (κ3) is 3.40. The lowest BCUT2D eigenvalue weighted by Gasteiger charge is -2.13. The smallest absolute Gasteiger partial charge is 0.308 e. The van der Waals surface area contributed by atoms with Gasteiger partial charge >= 0.3 is 5.97 Å². The van der Waals surface area contributed by atoms with E-state index in [2.05, 4.69) is 5.32 Å². The highest BCUT2D eigenvalue weighted by atomic mass is 16.5. The molecule has 3 amide bonds. The highest BCUT2D eigenvalue weighted by Gasteiger charge is 2.36. The first-order chi connectivity index (χ1) is 12.0. The van der Waals surface area contributed by atoms with Crippen molar-refractivity contribution >= 4 is 29.4 Å². The van der Waals surface area contributed by atoms with E-state index < -0.39 is 23.7 Å². The van der Waals surface area contributed by atoms with Gasteiger partial charge in [0.15, 0.2) is 0 Å². The number of nitrogens with zero attached hydrogens (tertiary/aromatic N) is 1. The predicted octanol–water partition coefficient (Wildman–Crippen LogP) is 1.85. The summed E-state index contributed by atoms with van der Waals surface area (Å²) in [5.74, 6) is -1.56. The summed E-state index contributed by atoms with van der Waals surface area (Å²) in [7, 11) is 0. The van der Waals surface area contributed by atoms with Gasteiger partial charge in [0.25, 0.3) is 11.8 Å². The van der Waals surface area contributed by atoms with Crippen molar-refractivity contribution in [3.8, 4) is 5.75 Å². The van der Waals surface area contributed by atoms with Crippen LogP contribution in [-0.4, -0.2) is 35.1 Å². The van der Waals surface area contributed by atoms with Gasteiger partial charge in [-0.15, -0.1) is 0 Å². The topological polar surface area (TPSA) is 92.8 Å². The lowest BCUT2D eigenvalue weighted by Crippen LogP contribution is -2.37. The Morgan fingerprint density at radius 3 is 2.04 bits per heavy atom. The standard InChI is InChI=1S/C18H14N2O5/c1-11(21)25-13-8-6-12(7-9-13)19-16(22)10-20-17(23)14-4-2-3-5-15(14)18(20)24/h2-9H,10H2,1H3,(H,19,22). The molecular weight excluding hydrogens is 324 g/mol. The Morgan fingerprint density at radius 2 is 1.52 bits per heavy atom. The maximum atomic E-state index is 12.2. The van der Waals surface area contributed by atoms with Crippen molar-refractivity contribution in [2.75, 3.05) is 11.9 Å². The van der Waals surface area contributed by atoms with Crippen molar-refractivity contribution in [3.05, 3.63) is 59.7 Å². The normalized spacial score (nSPS) is 12.8. The first kappa shape index (κ1) is 16.4. The van der Waals surface area contributed by atoms with Gasteiger partial charge in [-0.2, -0.15) is 0 Å². The maximum Gasteiger partial charge on any atom is 0.308 e. The number of imide groups is 1. The van der Waals surface area contributed by atoms with Gasteiger partial charge in [0.2, 0.25) is 5.91 Å². The van der Waals surface area contributed by atoms with Gasteiger partial charge in [-0.3, -0.25) is 24.1 Å². The third-order valence-electron chi connectivity index (χ3n) is 3.58. The molecule has 1 aliphatic rings. The number of benzene rings is 2. The number of esters is 1. The number of carbonyl (C=O) groups excluding carboxylic acids is 4. The molecule has 0 saturated heterocycles. The van der Waals surface area contributed by atoms with Crippen LogP contribution in [0.4, 0.5) is 5.69 Å². The molecule has 2 aromatic rings. The Morgan fingerprint density at radius 1 is 0.960 bits per heavy atom. The number of anilines is 1. The summed E-state index contributed by atoms with van der Waals surface area (Å²) in [5.41, 5.74) is 1.05. The van der Waals surface area contributed by atoms with Crippen molar-refractivity contribution in [1.82, 2.24) is 4.90 Å². The molecule has 0 saturated carbocycles. The fraction of sp³-hybridized carbons (Fsp3) is 0.111. The molecule has 2 aromatic carbocycles. The molecule has 1 N–H and O–H groups in total. The summed E-state index contributed by atoms with van der Waals surface area (Å²) in [6.07, 6.45) is 0. The lowest BCUT2D eigenvalue weighted by molar-refractivity contribution is -0.131. The summed E-state index contributed by atoms with van der Waals surface area (Å²) in [6, 6.07) is 12.6. The molecule has 3 rings (SSSR count).